The van der Waals surface area contributed by atoms with Crippen LogP contribution in [0.5, 0.6) is 0 Å². The van der Waals surface area contributed by atoms with E-state index in [1.54, 1.807) is 12.1 Å². The summed E-state index contributed by atoms with van der Waals surface area (Å²) in [5.41, 5.74) is 1.48. The fraction of sp³-hybridized carbons (Fsp3) is 0.562. The molecule has 0 aliphatic carbocycles. The molecule has 0 saturated carbocycles. The average molecular weight is 245 g/mol. The molecule has 1 aromatic rings. The van der Waals surface area contributed by atoms with Gasteiger partial charge in [0.25, 0.3) is 0 Å². The van der Waals surface area contributed by atoms with Crippen LogP contribution in [0.15, 0.2) is 24.3 Å². The molecule has 18 heavy (non-hydrogen) atoms. The highest BCUT2D eigenvalue weighted by molar-refractivity contribution is 5.33. The van der Waals surface area contributed by atoms with Gasteiger partial charge in [-0.2, -0.15) is 5.26 Å². The van der Waals surface area contributed by atoms with Crippen LogP contribution in [0, 0.1) is 11.3 Å². The molecule has 0 spiro atoms. The fourth-order valence-electron chi connectivity index (χ4n) is 2.10. The minimum atomic E-state index is -0.426. The van der Waals surface area contributed by atoms with Gasteiger partial charge in [0.05, 0.1) is 17.7 Å². The SMILES string of the molecule is CCCCCCCCC(O)c1cccc(C#N)c1. The zero-order valence-electron chi connectivity index (χ0n) is 11.2. The summed E-state index contributed by atoms with van der Waals surface area (Å²) in [6.45, 7) is 2.21. The van der Waals surface area contributed by atoms with Crippen LogP contribution in [0.4, 0.5) is 0 Å². The Balaban J connectivity index is 2.27. The summed E-state index contributed by atoms with van der Waals surface area (Å²) in [5.74, 6) is 0. The molecule has 0 radical (unpaired) electrons. The first-order valence-corrected chi connectivity index (χ1v) is 6.96. The maximum Gasteiger partial charge on any atom is 0.0991 e. The van der Waals surface area contributed by atoms with Crippen LogP contribution < -0.4 is 0 Å². The molecule has 1 N–H and O–H groups in total. The first-order chi connectivity index (χ1) is 8.77. The summed E-state index contributed by atoms with van der Waals surface area (Å²) in [4.78, 5) is 0. The van der Waals surface area contributed by atoms with Gasteiger partial charge in [0, 0.05) is 0 Å². The monoisotopic (exact) mass is 245 g/mol. The van der Waals surface area contributed by atoms with Crippen molar-refractivity contribution in [3.63, 3.8) is 0 Å². The van der Waals surface area contributed by atoms with E-state index in [1.165, 1.54) is 32.1 Å². The summed E-state index contributed by atoms with van der Waals surface area (Å²) < 4.78 is 0. The molecule has 0 aromatic heterocycles. The second-order valence-electron chi connectivity index (χ2n) is 4.81. The van der Waals surface area contributed by atoms with Gasteiger partial charge < -0.3 is 5.11 Å². The lowest BCUT2D eigenvalue weighted by molar-refractivity contribution is 0.163. The van der Waals surface area contributed by atoms with E-state index in [2.05, 4.69) is 13.0 Å². The number of hydrogen-bond donors (Lipinski definition) is 1. The Bertz CT molecular complexity index is 381. The molecule has 0 saturated heterocycles. The highest BCUT2D eigenvalue weighted by Gasteiger charge is 2.07. The topological polar surface area (TPSA) is 44.0 Å². The molecular formula is C16H23NO. The Labute approximate surface area is 110 Å². The number of nitrogens with zero attached hydrogens (tertiary/aromatic N) is 1. The number of rotatable bonds is 8. The number of aliphatic hydroxyl groups excluding tert-OH is 1. The van der Waals surface area contributed by atoms with Gasteiger partial charge in [0.1, 0.15) is 0 Å². The van der Waals surface area contributed by atoms with Crippen molar-refractivity contribution in [2.75, 3.05) is 0 Å². The van der Waals surface area contributed by atoms with Crippen molar-refractivity contribution in [1.82, 2.24) is 0 Å². The Morgan fingerprint density at radius 1 is 1.17 bits per heavy atom. The molecule has 0 aliphatic heterocycles. The Morgan fingerprint density at radius 3 is 2.61 bits per heavy atom. The minimum absolute atomic E-state index is 0.426. The van der Waals surface area contributed by atoms with Gasteiger partial charge in [0.15, 0.2) is 0 Å². The van der Waals surface area contributed by atoms with Crippen LogP contribution in [0.2, 0.25) is 0 Å². The summed E-state index contributed by atoms with van der Waals surface area (Å²) in [5, 5.41) is 18.8. The van der Waals surface area contributed by atoms with Crippen LogP contribution >= 0.6 is 0 Å². The summed E-state index contributed by atoms with van der Waals surface area (Å²) in [7, 11) is 0. The van der Waals surface area contributed by atoms with E-state index < -0.39 is 6.10 Å². The quantitative estimate of drug-likeness (QED) is 0.692. The lowest BCUT2D eigenvalue weighted by Crippen LogP contribution is -1.97. The van der Waals surface area contributed by atoms with E-state index in [4.69, 9.17) is 5.26 Å². The van der Waals surface area contributed by atoms with E-state index in [0.29, 0.717) is 5.56 Å². The minimum Gasteiger partial charge on any atom is -0.388 e. The molecular weight excluding hydrogens is 222 g/mol. The third kappa shape index (κ3) is 5.33. The fourth-order valence-corrected chi connectivity index (χ4v) is 2.10. The van der Waals surface area contributed by atoms with Crippen LogP contribution in [-0.4, -0.2) is 5.11 Å². The molecule has 1 aromatic carbocycles. The molecule has 2 nitrogen and oxygen atoms in total. The Morgan fingerprint density at radius 2 is 1.89 bits per heavy atom. The van der Waals surface area contributed by atoms with E-state index in [1.807, 2.05) is 12.1 Å². The first-order valence-electron chi connectivity index (χ1n) is 6.96. The summed E-state index contributed by atoms with van der Waals surface area (Å²) in [6.07, 6.45) is 7.76. The van der Waals surface area contributed by atoms with Crippen LogP contribution in [0.1, 0.15) is 69.1 Å². The molecule has 1 unspecified atom stereocenters. The molecule has 2 heteroatoms. The highest BCUT2D eigenvalue weighted by atomic mass is 16.3. The lowest BCUT2D eigenvalue weighted by atomic mass is 10.0. The number of nitriles is 1. The number of hydrogen-bond acceptors (Lipinski definition) is 2. The van der Waals surface area contributed by atoms with Crippen molar-refractivity contribution in [3.8, 4) is 6.07 Å². The first kappa shape index (κ1) is 14.7. The van der Waals surface area contributed by atoms with Gasteiger partial charge in [-0.15, -0.1) is 0 Å². The van der Waals surface area contributed by atoms with E-state index >= 15 is 0 Å². The maximum absolute atomic E-state index is 10.0. The largest absolute Gasteiger partial charge is 0.388 e. The van der Waals surface area contributed by atoms with Gasteiger partial charge in [-0.3, -0.25) is 0 Å². The van der Waals surface area contributed by atoms with Crippen LogP contribution in [0.3, 0.4) is 0 Å². The van der Waals surface area contributed by atoms with Crippen LogP contribution in [0.25, 0.3) is 0 Å². The Kier molecular flexibility index (Phi) is 7.13. The van der Waals surface area contributed by atoms with Crippen molar-refractivity contribution in [1.29, 1.82) is 5.26 Å². The average Bonchev–Trinajstić information content (AvgIpc) is 2.42. The Hall–Kier alpha value is -1.33. The van der Waals surface area contributed by atoms with Gasteiger partial charge in [-0.1, -0.05) is 57.6 Å². The van der Waals surface area contributed by atoms with E-state index in [9.17, 15) is 5.11 Å². The third-order valence-corrected chi connectivity index (χ3v) is 3.23. The smallest absolute Gasteiger partial charge is 0.0991 e. The zero-order chi connectivity index (χ0) is 13.2. The number of aliphatic hydroxyl groups is 1. The maximum atomic E-state index is 10.0. The molecule has 98 valence electrons. The molecule has 1 rings (SSSR count). The zero-order valence-corrected chi connectivity index (χ0v) is 11.2. The molecule has 0 fully saturated rings. The van der Waals surface area contributed by atoms with Gasteiger partial charge in [-0.05, 0) is 24.1 Å². The second kappa shape index (κ2) is 8.72. The second-order valence-corrected chi connectivity index (χ2v) is 4.81. The highest BCUT2D eigenvalue weighted by Crippen LogP contribution is 2.21. The van der Waals surface area contributed by atoms with Gasteiger partial charge >= 0.3 is 0 Å². The van der Waals surface area contributed by atoms with E-state index in [-0.39, 0.29) is 0 Å². The van der Waals surface area contributed by atoms with Crippen molar-refractivity contribution in [3.05, 3.63) is 35.4 Å². The van der Waals surface area contributed by atoms with Crippen molar-refractivity contribution in [2.24, 2.45) is 0 Å². The molecule has 0 amide bonds. The van der Waals surface area contributed by atoms with Gasteiger partial charge in [-0.25, -0.2) is 0 Å². The predicted molar refractivity (Wildman–Crippen MR) is 74.1 cm³/mol. The third-order valence-electron chi connectivity index (χ3n) is 3.23. The standard InChI is InChI=1S/C16H23NO/c1-2-3-4-5-6-7-11-16(18)15-10-8-9-14(12-15)13-17/h8-10,12,16,18H,2-7,11H2,1H3. The van der Waals surface area contributed by atoms with E-state index in [0.717, 1.165) is 18.4 Å². The lowest BCUT2D eigenvalue weighted by Gasteiger charge is -2.11. The molecule has 0 heterocycles. The normalized spacial score (nSPS) is 12.1. The molecule has 0 bridgehead atoms. The number of benzene rings is 1. The van der Waals surface area contributed by atoms with Crippen molar-refractivity contribution in [2.45, 2.75) is 58.0 Å². The van der Waals surface area contributed by atoms with Crippen LogP contribution in [-0.2, 0) is 0 Å². The van der Waals surface area contributed by atoms with Crippen molar-refractivity contribution < 1.29 is 5.11 Å². The summed E-state index contributed by atoms with van der Waals surface area (Å²) >= 11 is 0. The molecule has 1 atom stereocenters. The molecule has 0 aliphatic rings. The summed E-state index contributed by atoms with van der Waals surface area (Å²) in [6, 6.07) is 9.37. The number of unbranched alkanes of at least 4 members (excludes halogenated alkanes) is 5. The van der Waals surface area contributed by atoms with Crippen molar-refractivity contribution >= 4 is 0 Å². The van der Waals surface area contributed by atoms with Gasteiger partial charge in [0.2, 0.25) is 0 Å². The predicted octanol–water partition coefficient (Wildman–Crippen LogP) is 4.34.